The zero-order valence-electron chi connectivity index (χ0n) is 12.2. The van der Waals surface area contributed by atoms with Crippen molar-refractivity contribution in [3.63, 3.8) is 0 Å². The number of ketones is 1. The number of aromatic nitrogens is 1. The molecule has 0 spiro atoms. The van der Waals surface area contributed by atoms with Crippen LogP contribution in [0.3, 0.4) is 0 Å². The Hall–Kier alpha value is -1.77. The van der Waals surface area contributed by atoms with Gasteiger partial charge in [-0.2, -0.15) is 0 Å². The average molecular weight is 271 g/mol. The lowest BCUT2D eigenvalue weighted by atomic mass is 10.00. The number of nitrogens with zero attached hydrogens (tertiary/aromatic N) is 1. The van der Waals surface area contributed by atoms with E-state index in [9.17, 15) is 4.79 Å². The maximum Gasteiger partial charge on any atom is 0.179 e. The van der Waals surface area contributed by atoms with Crippen LogP contribution in [0, 0.1) is 0 Å². The third-order valence-corrected chi connectivity index (χ3v) is 4.21. The highest BCUT2D eigenvalue weighted by atomic mass is 16.5. The van der Waals surface area contributed by atoms with Crippen LogP contribution in [0.1, 0.15) is 48.7 Å². The normalized spacial score (nSPS) is 14.6. The predicted octanol–water partition coefficient (Wildman–Crippen LogP) is 3.97. The topological polar surface area (TPSA) is 31.2 Å². The number of carbonyl (C=O) groups excluding carboxylic acids is 1. The molecular formula is C17H21NO2. The number of aryl methyl sites for hydroxylation is 2. The van der Waals surface area contributed by atoms with Gasteiger partial charge < -0.3 is 9.30 Å². The molecule has 3 nitrogen and oxygen atoms in total. The maximum atomic E-state index is 12.3. The van der Waals surface area contributed by atoms with Crippen molar-refractivity contribution in [1.29, 1.82) is 0 Å². The lowest BCUT2D eigenvalue weighted by Gasteiger charge is -2.16. The first kappa shape index (κ1) is 13.2. The van der Waals surface area contributed by atoms with Crippen molar-refractivity contribution in [2.45, 2.75) is 45.6 Å². The fourth-order valence-electron chi connectivity index (χ4n) is 3.20. The van der Waals surface area contributed by atoms with Crippen LogP contribution >= 0.6 is 0 Å². The minimum atomic E-state index is 0.303. The summed E-state index contributed by atoms with van der Waals surface area (Å²) in [5.41, 5.74) is 3.35. The van der Waals surface area contributed by atoms with Crippen LogP contribution < -0.4 is 4.74 Å². The Kier molecular flexibility index (Phi) is 3.51. The van der Waals surface area contributed by atoms with Crippen LogP contribution in [0.4, 0.5) is 0 Å². The number of benzene rings is 1. The summed E-state index contributed by atoms with van der Waals surface area (Å²) in [5.74, 6) is 1.16. The van der Waals surface area contributed by atoms with E-state index in [0.717, 1.165) is 49.2 Å². The summed E-state index contributed by atoms with van der Waals surface area (Å²) in [5, 5.41) is 1.23. The Morgan fingerprint density at radius 3 is 2.95 bits per heavy atom. The van der Waals surface area contributed by atoms with Gasteiger partial charge in [-0.1, -0.05) is 13.3 Å². The van der Waals surface area contributed by atoms with Gasteiger partial charge in [0.1, 0.15) is 5.75 Å². The van der Waals surface area contributed by atoms with Crippen LogP contribution in [-0.4, -0.2) is 17.5 Å². The van der Waals surface area contributed by atoms with Crippen LogP contribution in [-0.2, 0) is 13.0 Å². The monoisotopic (exact) mass is 271 g/mol. The van der Waals surface area contributed by atoms with Gasteiger partial charge >= 0.3 is 0 Å². The second kappa shape index (κ2) is 5.31. The van der Waals surface area contributed by atoms with Gasteiger partial charge in [0.15, 0.2) is 5.78 Å². The molecule has 0 bridgehead atoms. The molecule has 0 aliphatic carbocycles. The molecule has 0 radical (unpaired) electrons. The first-order chi connectivity index (χ1) is 9.76. The van der Waals surface area contributed by atoms with E-state index in [2.05, 4.69) is 23.6 Å². The zero-order chi connectivity index (χ0) is 14.1. The second-order valence-corrected chi connectivity index (χ2v) is 5.49. The number of hydrogen-bond acceptors (Lipinski definition) is 2. The molecule has 20 heavy (non-hydrogen) atoms. The van der Waals surface area contributed by atoms with Gasteiger partial charge in [-0.15, -0.1) is 0 Å². The summed E-state index contributed by atoms with van der Waals surface area (Å²) in [6.45, 7) is 3.13. The van der Waals surface area contributed by atoms with E-state index in [1.807, 2.05) is 6.07 Å². The SMILES string of the molecule is CCCCc1c2n(c3cc(OC)ccc13)CCCC2=O. The standard InChI is InChI=1S/C17H21NO2/c1-3-4-6-14-13-9-8-12(20-2)11-15(13)18-10-5-7-16(19)17(14)18/h8-9,11H,3-7,10H2,1-2H3. The Morgan fingerprint density at radius 1 is 1.35 bits per heavy atom. The molecule has 1 aliphatic heterocycles. The van der Waals surface area contributed by atoms with E-state index in [0.29, 0.717) is 12.2 Å². The largest absolute Gasteiger partial charge is 0.497 e. The molecule has 106 valence electrons. The van der Waals surface area contributed by atoms with Crippen molar-refractivity contribution in [3.8, 4) is 5.75 Å². The third-order valence-electron chi connectivity index (χ3n) is 4.21. The Balaban J connectivity index is 2.23. The number of carbonyl (C=O) groups is 1. The number of ether oxygens (including phenoxy) is 1. The summed E-state index contributed by atoms with van der Waals surface area (Å²) in [6, 6.07) is 6.17. The molecule has 0 amide bonds. The number of rotatable bonds is 4. The molecule has 0 saturated heterocycles. The molecule has 3 heteroatoms. The highest BCUT2D eigenvalue weighted by Crippen LogP contribution is 2.33. The molecule has 0 N–H and O–H groups in total. The van der Waals surface area contributed by atoms with Crippen molar-refractivity contribution in [2.75, 3.05) is 7.11 Å². The zero-order valence-corrected chi connectivity index (χ0v) is 12.2. The van der Waals surface area contributed by atoms with Gasteiger partial charge in [-0.25, -0.2) is 0 Å². The highest BCUT2D eigenvalue weighted by molar-refractivity contribution is 6.03. The van der Waals surface area contributed by atoms with Crippen LogP contribution in [0.15, 0.2) is 18.2 Å². The number of Topliss-reactive ketones (excluding diaryl/α,β-unsaturated/α-hetero) is 1. The summed E-state index contributed by atoms with van der Waals surface area (Å²) in [7, 11) is 1.68. The van der Waals surface area contributed by atoms with E-state index >= 15 is 0 Å². The van der Waals surface area contributed by atoms with Gasteiger partial charge in [0.25, 0.3) is 0 Å². The summed E-state index contributed by atoms with van der Waals surface area (Å²) in [6.07, 6.45) is 4.90. The number of hydrogen-bond donors (Lipinski definition) is 0. The molecule has 0 atom stereocenters. The van der Waals surface area contributed by atoms with E-state index < -0.39 is 0 Å². The highest BCUT2D eigenvalue weighted by Gasteiger charge is 2.25. The fourth-order valence-corrected chi connectivity index (χ4v) is 3.20. The molecule has 1 aromatic heterocycles. The summed E-state index contributed by atoms with van der Waals surface area (Å²) in [4.78, 5) is 12.3. The van der Waals surface area contributed by atoms with Gasteiger partial charge in [-0.05, 0) is 37.0 Å². The van der Waals surface area contributed by atoms with Crippen LogP contribution in [0.2, 0.25) is 0 Å². The molecule has 0 saturated carbocycles. The minimum absolute atomic E-state index is 0.303. The van der Waals surface area contributed by atoms with Gasteiger partial charge in [0.2, 0.25) is 0 Å². The van der Waals surface area contributed by atoms with Gasteiger partial charge in [0.05, 0.1) is 18.3 Å². The Bertz CT molecular complexity index is 655. The van der Waals surface area contributed by atoms with E-state index in [1.54, 1.807) is 7.11 Å². The fraction of sp³-hybridized carbons (Fsp3) is 0.471. The molecule has 3 rings (SSSR count). The molecule has 1 aliphatic rings. The van der Waals surface area contributed by atoms with Crippen LogP contribution in [0.5, 0.6) is 5.75 Å². The van der Waals surface area contributed by atoms with Gasteiger partial charge in [0, 0.05) is 24.4 Å². The summed E-state index contributed by atoms with van der Waals surface area (Å²) >= 11 is 0. The first-order valence-electron chi connectivity index (χ1n) is 7.48. The molecule has 2 aromatic rings. The quantitative estimate of drug-likeness (QED) is 0.842. The van der Waals surface area contributed by atoms with Crippen molar-refractivity contribution in [1.82, 2.24) is 4.57 Å². The smallest absolute Gasteiger partial charge is 0.179 e. The van der Waals surface area contributed by atoms with Crippen molar-refractivity contribution in [3.05, 3.63) is 29.5 Å². The van der Waals surface area contributed by atoms with Crippen molar-refractivity contribution < 1.29 is 9.53 Å². The number of methoxy groups -OCH3 is 1. The minimum Gasteiger partial charge on any atom is -0.497 e. The average Bonchev–Trinajstić information content (AvgIpc) is 2.79. The predicted molar refractivity (Wildman–Crippen MR) is 80.7 cm³/mol. The third kappa shape index (κ3) is 2.01. The maximum absolute atomic E-state index is 12.3. The van der Waals surface area contributed by atoms with Crippen LogP contribution in [0.25, 0.3) is 10.9 Å². The van der Waals surface area contributed by atoms with Gasteiger partial charge in [-0.3, -0.25) is 4.79 Å². The Morgan fingerprint density at radius 2 is 2.20 bits per heavy atom. The van der Waals surface area contributed by atoms with E-state index in [1.165, 1.54) is 10.9 Å². The van der Waals surface area contributed by atoms with Crippen molar-refractivity contribution in [2.24, 2.45) is 0 Å². The molecule has 0 fully saturated rings. The molecule has 2 heterocycles. The van der Waals surface area contributed by atoms with E-state index in [-0.39, 0.29) is 0 Å². The number of fused-ring (bicyclic) bond motifs is 3. The molecule has 0 unspecified atom stereocenters. The van der Waals surface area contributed by atoms with Crippen molar-refractivity contribution >= 4 is 16.7 Å². The van der Waals surface area contributed by atoms with E-state index in [4.69, 9.17) is 4.74 Å². The second-order valence-electron chi connectivity index (χ2n) is 5.49. The summed E-state index contributed by atoms with van der Waals surface area (Å²) < 4.78 is 7.54. The first-order valence-corrected chi connectivity index (χ1v) is 7.48. The number of unbranched alkanes of at least 4 members (excludes halogenated alkanes) is 1. The molecule has 1 aromatic carbocycles. The lowest BCUT2D eigenvalue weighted by molar-refractivity contribution is 0.0955. The lowest BCUT2D eigenvalue weighted by Crippen LogP contribution is -2.17. The molecular weight excluding hydrogens is 250 g/mol. The Labute approximate surface area is 119 Å².